The van der Waals surface area contributed by atoms with E-state index in [2.05, 4.69) is 177 Å². The van der Waals surface area contributed by atoms with Crippen LogP contribution in [-0.4, -0.2) is 193 Å². The quantitative estimate of drug-likeness (QED) is 0.0199. The molecule has 0 bridgehead atoms. The summed E-state index contributed by atoms with van der Waals surface area (Å²) in [5.41, 5.74) is 0. The molecule has 0 saturated carbocycles. The van der Waals surface area contributed by atoms with Crippen LogP contribution in [0.4, 0.5) is 0 Å². The first-order valence-electron chi connectivity index (χ1n) is 39.9. The number of hydrogen-bond donors (Lipinski definition) is 12. The second kappa shape index (κ2) is 64.0. The van der Waals surface area contributed by atoms with Gasteiger partial charge in [-0.2, -0.15) is 0 Å². The molecule has 3 rings (SSSR count). The van der Waals surface area contributed by atoms with Gasteiger partial charge in [-0.25, -0.2) is 0 Å². The number of aliphatic hydroxyl groups is 11. The number of ether oxygens (including phenoxy) is 6. The molecule has 19 nitrogen and oxygen atoms in total. The predicted molar refractivity (Wildman–Crippen MR) is 419 cm³/mol. The summed E-state index contributed by atoms with van der Waals surface area (Å²) in [6, 6.07) is -1.02. The first kappa shape index (κ1) is 94.4. The van der Waals surface area contributed by atoms with E-state index in [4.69, 9.17) is 28.4 Å². The molecular formula is C86H139NO18. The summed E-state index contributed by atoms with van der Waals surface area (Å²) in [4.78, 5) is 13.4. The minimum Gasteiger partial charge on any atom is -0.394 e. The van der Waals surface area contributed by atoms with E-state index in [-0.39, 0.29) is 18.9 Å². The van der Waals surface area contributed by atoms with Crippen LogP contribution in [0.25, 0.3) is 0 Å². The molecule has 3 aliphatic rings. The van der Waals surface area contributed by atoms with Gasteiger partial charge in [0.05, 0.1) is 38.6 Å². The molecule has 3 saturated heterocycles. The van der Waals surface area contributed by atoms with E-state index in [9.17, 15) is 61.0 Å². The first-order chi connectivity index (χ1) is 51.3. The minimum absolute atomic E-state index is 0.194. The third kappa shape index (κ3) is 43.8. The molecule has 3 aliphatic heterocycles. The van der Waals surface area contributed by atoms with Crippen molar-refractivity contribution in [3.05, 3.63) is 170 Å². The van der Waals surface area contributed by atoms with E-state index in [1.807, 2.05) is 6.08 Å². The number of hydrogen-bond acceptors (Lipinski definition) is 18. The van der Waals surface area contributed by atoms with Gasteiger partial charge in [-0.15, -0.1) is 0 Å². The third-order valence-corrected chi connectivity index (χ3v) is 18.5. The highest BCUT2D eigenvalue weighted by Gasteiger charge is 2.53. The number of unbranched alkanes of at least 4 members (excludes halogenated alkanes) is 18. The van der Waals surface area contributed by atoms with Crippen molar-refractivity contribution in [3.63, 3.8) is 0 Å². The summed E-state index contributed by atoms with van der Waals surface area (Å²) in [6.45, 7) is 1.57. The fraction of sp³-hybridized carbons (Fsp3) is 0.663. The monoisotopic (exact) mass is 1470 g/mol. The highest BCUT2D eigenvalue weighted by atomic mass is 16.8. The molecule has 0 aromatic heterocycles. The largest absolute Gasteiger partial charge is 0.394 e. The van der Waals surface area contributed by atoms with Crippen LogP contribution in [0.1, 0.15) is 232 Å². The second-order valence-corrected chi connectivity index (χ2v) is 27.4. The lowest BCUT2D eigenvalue weighted by Gasteiger charge is -2.48. The zero-order valence-electron chi connectivity index (χ0n) is 63.6. The smallest absolute Gasteiger partial charge is 0.220 e. The van der Waals surface area contributed by atoms with Crippen LogP contribution in [0.2, 0.25) is 0 Å². The topological polar surface area (TPSA) is 307 Å². The van der Waals surface area contributed by atoms with Gasteiger partial charge in [0.1, 0.15) is 73.2 Å². The van der Waals surface area contributed by atoms with Crippen LogP contribution in [0.5, 0.6) is 0 Å². The summed E-state index contributed by atoms with van der Waals surface area (Å²) in [5, 5.41) is 121. The molecule has 3 fully saturated rings. The van der Waals surface area contributed by atoms with E-state index in [1.165, 1.54) is 77.0 Å². The Kier molecular flexibility index (Phi) is 57.5. The summed E-state index contributed by atoms with van der Waals surface area (Å²) < 4.78 is 34.4. The average molecular weight is 1480 g/mol. The average Bonchev–Trinajstić information content (AvgIpc) is 0.781. The molecule has 0 aliphatic carbocycles. The van der Waals surface area contributed by atoms with Gasteiger partial charge in [0.15, 0.2) is 18.9 Å². The maximum Gasteiger partial charge on any atom is 0.220 e. The summed E-state index contributed by atoms with van der Waals surface area (Å²) in [5.74, 6) is -0.316. The number of nitrogens with one attached hydrogen (secondary N) is 1. The molecule has 0 aromatic carbocycles. The standard InChI is InChI=1S/C86H139NO18/c1-3-5-7-9-11-13-15-17-19-21-23-24-25-26-27-28-29-30-31-32-33-34-35-36-37-38-39-40-41-42-43-44-46-48-50-52-54-56-58-60-62-64-74(92)87-69(70(91)63-61-59-57-55-53-51-49-47-45-22-20-18-16-14-12-10-8-6-4-2)68-100-84-80(98)77(95)82(72(66-89)102-84)105-86-81(99)78(96)83(73(67-90)103-86)104-85-79(97)76(94)75(93)71(65-88)101-85/h5,7,11,13,17,19,23-24,26-27,29-30,32-33,35-36,38-39,41-42,44,46,50,52-53,55,61,63,69-73,75-86,88-91,93-99H,3-4,6,8-10,12,14-16,18,20-22,25,28,31,34,37,40,43,45,47-49,51,54,56-60,62,64-68H2,1-2H3,(H,87,92)/b7-5-,13-11-,19-17-,24-23-,27-26-,30-29-,33-32-,36-35-,39-38-,42-41-,46-44-,52-50-,55-53+,63-61+. The first-order valence-corrected chi connectivity index (χ1v) is 39.9. The maximum atomic E-state index is 13.4. The third-order valence-electron chi connectivity index (χ3n) is 18.5. The van der Waals surface area contributed by atoms with Gasteiger partial charge in [0.2, 0.25) is 5.91 Å². The van der Waals surface area contributed by atoms with E-state index in [1.54, 1.807) is 6.08 Å². The fourth-order valence-corrected chi connectivity index (χ4v) is 12.1. The number of carbonyl (C=O) groups is 1. The van der Waals surface area contributed by atoms with E-state index in [0.29, 0.717) is 12.8 Å². The Labute approximate surface area is 630 Å². The van der Waals surface area contributed by atoms with Gasteiger partial charge in [-0.1, -0.05) is 274 Å². The maximum absolute atomic E-state index is 13.4. The molecule has 0 radical (unpaired) electrons. The summed E-state index contributed by atoms with van der Waals surface area (Å²) >= 11 is 0. The molecular weight excluding hydrogens is 1330 g/mol. The molecule has 19 heteroatoms. The van der Waals surface area contributed by atoms with Gasteiger partial charge in [-0.3, -0.25) is 4.79 Å². The van der Waals surface area contributed by atoms with Crippen molar-refractivity contribution in [2.75, 3.05) is 26.4 Å². The Bertz CT molecular complexity index is 2570. The lowest BCUT2D eigenvalue weighted by atomic mass is 9.96. The lowest BCUT2D eigenvalue weighted by Crippen LogP contribution is -2.66. The highest BCUT2D eigenvalue weighted by Crippen LogP contribution is 2.33. The Morgan fingerprint density at radius 3 is 1.07 bits per heavy atom. The highest BCUT2D eigenvalue weighted by molar-refractivity contribution is 5.76. The molecule has 12 N–H and O–H groups in total. The van der Waals surface area contributed by atoms with Crippen molar-refractivity contribution >= 4 is 5.91 Å². The van der Waals surface area contributed by atoms with Crippen LogP contribution in [0.15, 0.2) is 170 Å². The number of amides is 1. The van der Waals surface area contributed by atoms with Gasteiger partial charge in [0, 0.05) is 6.42 Å². The molecule has 3 heterocycles. The van der Waals surface area contributed by atoms with Crippen molar-refractivity contribution in [3.8, 4) is 0 Å². The van der Waals surface area contributed by atoms with Crippen LogP contribution in [0, 0.1) is 0 Å². The summed E-state index contributed by atoms with van der Waals surface area (Å²) in [6.07, 6.45) is 69.1. The van der Waals surface area contributed by atoms with Crippen molar-refractivity contribution in [2.24, 2.45) is 0 Å². The zero-order valence-corrected chi connectivity index (χ0v) is 63.6. The van der Waals surface area contributed by atoms with Crippen molar-refractivity contribution in [1.82, 2.24) is 5.32 Å². The van der Waals surface area contributed by atoms with Crippen LogP contribution in [-0.2, 0) is 33.2 Å². The SMILES string of the molecule is CC/C=C\C/C=C\C/C=C\C/C=C\C/C=C\C/C=C\C/C=C\C/C=C\C/C=C\C/C=C\C/C=C\C/C=C\CCCCCCC(=O)NC(COC1OC(CO)C(OC2OC(CO)C(OC3OC(CO)C(O)C(O)C3O)C(O)C2O)C(O)C1O)C(O)/C=C/CC/C=C/CCCCCCCCCCCCCCC. The van der Waals surface area contributed by atoms with Gasteiger partial charge >= 0.3 is 0 Å². The molecule has 17 atom stereocenters. The minimum atomic E-state index is -1.99. The van der Waals surface area contributed by atoms with Gasteiger partial charge < -0.3 is 89.9 Å². The number of allylic oxidation sites excluding steroid dienone is 27. The van der Waals surface area contributed by atoms with E-state index in [0.717, 1.165) is 122 Å². The van der Waals surface area contributed by atoms with E-state index < -0.39 is 124 Å². The van der Waals surface area contributed by atoms with Crippen molar-refractivity contribution in [1.29, 1.82) is 0 Å². The fourth-order valence-electron chi connectivity index (χ4n) is 12.1. The van der Waals surface area contributed by atoms with E-state index >= 15 is 0 Å². The number of rotatable bonds is 60. The van der Waals surface area contributed by atoms with Crippen molar-refractivity contribution < 1.29 is 89.4 Å². The Hall–Kier alpha value is -4.85. The molecule has 0 aromatic rings. The summed E-state index contributed by atoms with van der Waals surface area (Å²) in [7, 11) is 0. The number of carbonyl (C=O) groups excluding carboxylic acids is 1. The Balaban J connectivity index is 1.37. The van der Waals surface area contributed by atoms with Gasteiger partial charge in [0.25, 0.3) is 0 Å². The van der Waals surface area contributed by atoms with Crippen LogP contribution in [0.3, 0.4) is 0 Å². The second-order valence-electron chi connectivity index (χ2n) is 27.4. The zero-order chi connectivity index (χ0) is 76.0. The molecule has 17 unspecified atom stereocenters. The Morgan fingerprint density at radius 1 is 0.352 bits per heavy atom. The van der Waals surface area contributed by atoms with Crippen LogP contribution < -0.4 is 5.32 Å². The predicted octanol–water partition coefficient (Wildman–Crippen LogP) is 13.4. The van der Waals surface area contributed by atoms with Gasteiger partial charge in [-0.05, 0) is 122 Å². The van der Waals surface area contributed by atoms with Crippen molar-refractivity contribution in [2.45, 2.75) is 336 Å². The van der Waals surface area contributed by atoms with Crippen LogP contribution >= 0.6 is 0 Å². The lowest BCUT2D eigenvalue weighted by molar-refractivity contribution is -0.379. The molecule has 105 heavy (non-hydrogen) atoms. The number of aliphatic hydroxyl groups excluding tert-OH is 11. The normalized spacial score (nSPS) is 26.7. The Morgan fingerprint density at radius 2 is 0.667 bits per heavy atom. The molecule has 1 amide bonds. The molecule has 0 spiro atoms. The molecule has 596 valence electrons.